The van der Waals surface area contributed by atoms with Gasteiger partial charge in [0.15, 0.2) is 0 Å². The topological polar surface area (TPSA) is 22.1 Å². The Labute approximate surface area is 93.5 Å². The van der Waals surface area contributed by atoms with Gasteiger partial charge in [0.25, 0.3) is 0 Å². The Balaban J connectivity index is 2.03. The minimum absolute atomic E-state index is 0.464. The van der Waals surface area contributed by atoms with E-state index in [1.165, 1.54) is 0 Å². The Morgan fingerprint density at radius 2 is 2.13 bits per heavy atom. The second kappa shape index (κ2) is 4.80. The molecule has 0 bridgehead atoms. The third kappa shape index (κ3) is 2.70. The molecule has 0 fully saturated rings. The smallest absolute Gasteiger partial charge is 0.138 e. The van der Waals surface area contributed by atoms with Crippen molar-refractivity contribution < 1.29 is 4.74 Å². The molecule has 0 N–H and O–H groups in total. The summed E-state index contributed by atoms with van der Waals surface area (Å²) < 4.78 is 5.54. The van der Waals surface area contributed by atoms with Crippen molar-refractivity contribution in [3.63, 3.8) is 0 Å². The van der Waals surface area contributed by atoms with Gasteiger partial charge in [-0.15, -0.1) is 0 Å². The van der Waals surface area contributed by atoms with Crippen molar-refractivity contribution >= 4 is 11.6 Å². The first-order valence-electron chi connectivity index (χ1n) is 4.54. The number of pyridine rings is 1. The number of para-hydroxylation sites is 1. The van der Waals surface area contributed by atoms with Gasteiger partial charge in [0.2, 0.25) is 0 Å². The van der Waals surface area contributed by atoms with E-state index >= 15 is 0 Å². The van der Waals surface area contributed by atoms with Crippen LogP contribution >= 0.6 is 11.6 Å². The minimum Gasteiger partial charge on any atom is -0.487 e. The largest absolute Gasteiger partial charge is 0.487 e. The molecule has 0 saturated heterocycles. The fourth-order valence-corrected chi connectivity index (χ4v) is 1.35. The average Bonchev–Trinajstić information content (AvgIpc) is 2.29. The molecule has 0 aliphatic rings. The van der Waals surface area contributed by atoms with Crippen molar-refractivity contribution in [3.05, 3.63) is 59.4 Å². The Morgan fingerprint density at radius 3 is 2.87 bits per heavy atom. The molecule has 3 heteroatoms. The van der Waals surface area contributed by atoms with Crippen molar-refractivity contribution in [2.45, 2.75) is 6.61 Å². The molecule has 1 heterocycles. The van der Waals surface area contributed by atoms with Gasteiger partial charge in [-0.3, -0.25) is 4.98 Å². The van der Waals surface area contributed by atoms with Crippen molar-refractivity contribution in [3.8, 4) is 5.75 Å². The van der Waals surface area contributed by atoms with Crippen LogP contribution in [0.2, 0.25) is 5.02 Å². The lowest BCUT2D eigenvalue weighted by atomic mass is 10.3. The summed E-state index contributed by atoms with van der Waals surface area (Å²) in [6.45, 7) is 0.464. The van der Waals surface area contributed by atoms with E-state index in [1.54, 1.807) is 18.3 Å². The summed E-state index contributed by atoms with van der Waals surface area (Å²) in [6, 6.07) is 11.1. The molecule has 2 rings (SSSR count). The molecule has 0 aliphatic carbocycles. The zero-order valence-electron chi connectivity index (χ0n) is 7.98. The molecule has 0 atom stereocenters. The van der Waals surface area contributed by atoms with Crippen molar-refractivity contribution in [1.82, 2.24) is 4.98 Å². The van der Waals surface area contributed by atoms with Gasteiger partial charge in [-0.05, 0) is 18.2 Å². The summed E-state index contributed by atoms with van der Waals surface area (Å²) in [4.78, 5) is 3.88. The summed E-state index contributed by atoms with van der Waals surface area (Å²) in [7, 11) is 0. The zero-order valence-corrected chi connectivity index (χ0v) is 8.74. The van der Waals surface area contributed by atoms with Crippen molar-refractivity contribution in [2.24, 2.45) is 0 Å². The van der Waals surface area contributed by atoms with Crippen LogP contribution in [0.15, 0.2) is 42.6 Å². The lowest BCUT2D eigenvalue weighted by Gasteiger charge is -2.06. The molecule has 1 radical (unpaired) electrons. The van der Waals surface area contributed by atoms with E-state index in [4.69, 9.17) is 16.3 Å². The molecule has 2 nitrogen and oxygen atoms in total. The zero-order chi connectivity index (χ0) is 10.5. The molecule has 1 aromatic carbocycles. The van der Waals surface area contributed by atoms with Crippen molar-refractivity contribution in [1.29, 1.82) is 0 Å². The van der Waals surface area contributed by atoms with E-state index in [-0.39, 0.29) is 0 Å². The highest BCUT2D eigenvalue weighted by molar-refractivity contribution is 6.32. The number of ether oxygens (including phenoxy) is 1. The fraction of sp³-hybridized carbons (Fsp3) is 0.0833. The third-order valence-corrected chi connectivity index (χ3v) is 2.22. The quantitative estimate of drug-likeness (QED) is 0.790. The molecule has 1 aromatic heterocycles. The molecule has 15 heavy (non-hydrogen) atoms. The highest BCUT2D eigenvalue weighted by atomic mass is 35.5. The SMILES string of the molecule is Clc1ccccc1OCc1cc[c]nc1. The van der Waals surface area contributed by atoms with Gasteiger partial charge in [-0.1, -0.05) is 29.8 Å². The normalized spacial score (nSPS) is 9.93. The second-order valence-electron chi connectivity index (χ2n) is 3.01. The summed E-state index contributed by atoms with van der Waals surface area (Å²) in [5.74, 6) is 0.687. The molecule has 0 saturated carbocycles. The average molecular weight is 219 g/mol. The number of nitrogens with zero attached hydrogens (tertiary/aromatic N) is 1. The summed E-state index contributed by atoms with van der Waals surface area (Å²) >= 11 is 5.94. The third-order valence-electron chi connectivity index (χ3n) is 1.91. The van der Waals surface area contributed by atoms with Crippen LogP contribution in [0.3, 0.4) is 0 Å². The number of aromatic nitrogens is 1. The first-order chi connectivity index (χ1) is 7.36. The van der Waals surface area contributed by atoms with Crippen LogP contribution in [0.5, 0.6) is 5.75 Å². The summed E-state index contributed by atoms with van der Waals surface area (Å²) in [5, 5.41) is 0.618. The molecule has 0 aliphatic heterocycles. The first-order valence-corrected chi connectivity index (χ1v) is 4.92. The van der Waals surface area contributed by atoms with Crippen molar-refractivity contribution in [2.75, 3.05) is 0 Å². The first kappa shape index (κ1) is 9.99. The Hall–Kier alpha value is -1.54. The lowest BCUT2D eigenvalue weighted by Crippen LogP contribution is -1.95. The van der Waals surface area contributed by atoms with E-state index in [0.29, 0.717) is 17.4 Å². The fourth-order valence-electron chi connectivity index (χ4n) is 1.16. The van der Waals surface area contributed by atoms with Gasteiger partial charge < -0.3 is 4.74 Å². The monoisotopic (exact) mass is 218 g/mol. The maximum atomic E-state index is 5.94. The van der Waals surface area contributed by atoms with E-state index in [2.05, 4.69) is 11.2 Å². The highest BCUT2D eigenvalue weighted by Crippen LogP contribution is 2.23. The van der Waals surface area contributed by atoms with E-state index in [0.717, 1.165) is 5.56 Å². The molecule has 0 spiro atoms. The van der Waals surface area contributed by atoms with Gasteiger partial charge in [-0.2, -0.15) is 0 Å². The predicted molar refractivity (Wildman–Crippen MR) is 58.9 cm³/mol. The lowest BCUT2D eigenvalue weighted by molar-refractivity contribution is 0.306. The second-order valence-corrected chi connectivity index (χ2v) is 3.42. The highest BCUT2D eigenvalue weighted by Gasteiger charge is 1.99. The van der Waals surface area contributed by atoms with Gasteiger partial charge >= 0.3 is 0 Å². The summed E-state index contributed by atoms with van der Waals surface area (Å²) in [5.41, 5.74) is 0.994. The van der Waals surface area contributed by atoms with Gasteiger partial charge in [0.1, 0.15) is 12.4 Å². The van der Waals surface area contributed by atoms with Crippen LogP contribution in [0, 0.1) is 6.20 Å². The maximum absolute atomic E-state index is 5.94. The van der Waals surface area contributed by atoms with Crippen LogP contribution in [-0.4, -0.2) is 4.98 Å². The Bertz CT molecular complexity index is 431. The van der Waals surface area contributed by atoms with Crippen LogP contribution < -0.4 is 4.74 Å². The van der Waals surface area contributed by atoms with Gasteiger partial charge in [-0.25, -0.2) is 0 Å². The van der Waals surface area contributed by atoms with Crippen LogP contribution in [-0.2, 0) is 6.61 Å². The molecule has 0 unspecified atom stereocenters. The minimum atomic E-state index is 0.464. The molecule has 75 valence electrons. The van der Waals surface area contributed by atoms with E-state index in [1.807, 2.05) is 24.3 Å². The van der Waals surface area contributed by atoms with Crippen LogP contribution in [0.1, 0.15) is 5.56 Å². The molecule has 0 amide bonds. The van der Waals surface area contributed by atoms with E-state index < -0.39 is 0 Å². The van der Waals surface area contributed by atoms with Crippen LogP contribution in [0.25, 0.3) is 0 Å². The van der Waals surface area contributed by atoms with Gasteiger partial charge in [0.05, 0.1) is 11.2 Å². The Morgan fingerprint density at radius 1 is 1.27 bits per heavy atom. The number of benzene rings is 1. The van der Waals surface area contributed by atoms with E-state index in [9.17, 15) is 0 Å². The number of hydrogen-bond donors (Lipinski definition) is 0. The number of rotatable bonds is 3. The maximum Gasteiger partial charge on any atom is 0.138 e. The predicted octanol–water partition coefficient (Wildman–Crippen LogP) is 3.11. The van der Waals surface area contributed by atoms with Gasteiger partial charge in [0, 0.05) is 11.8 Å². The molecular formula is C12H9ClNO. The number of halogens is 1. The van der Waals surface area contributed by atoms with Crippen LogP contribution in [0.4, 0.5) is 0 Å². The Kier molecular flexibility index (Phi) is 3.20. The molecule has 2 aromatic rings. The number of hydrogen-bond acceptors (Lipinski definition) is 2. The standard InChI is InChI=1S/C12H9ClNO/c13-11-5-1-2-6-12(11)15-9-10-4-3-7-14-8-10/h1-6,8H,9H2. The summed E-state index contributed by atoms with van der Waals surface area (Å²) in [6.07, 6.45) is 4.43. The molecular weight excluding hydrogens is 210 g/mol.